The first-order chi connectivity index (χ1) is 7.52. The van der Waals surface area contributed by atoms with Gasteiger partial charge in [-0.05, 0) is 19.4 Å². The quantitative estimate of drug-likeness (QED) is 0.730. The van der Waals surface area contributed by atoms with E-state index in [9.17, 15) is 9.59 Å². The van der Waals surface area contributed by atoms with E-state index < -0.39 is 0 Å². The van der Waals surface area contributed by atoms with Gasteiger partial charge < -0.3 is 16.4 Å². The number of carbonyl (C=O) groups is 2. The Morgan fingerprint density at radius 3 is 2.50 bits per heavy atom. The Bertz CT molecular complexity index is 426. The molecule has 0 atom stereocenters. The van der Waals surface area contributed by atoms with Crippen LogP contribution in [0.4, 0.5) is 5.00 Å². The molecule has 0 saturated carbocycles. The van der Waals surface area contributed by atoms with Crippen molar-refractivity contribution in [3.05, 3.63) is 16.0 Å². The van der Waals surface area contributed by atoms with Crippen molar-refractivity contribution in [2.45, 2.75) is 13.8 Å². The first kappa shape index (κ1) is 12.5. The molecule has 0 bridgehead atoms. The summed E-state index contributed by atoms with van der Waals surface area (Å²) in [5.74, 6) is -0.450. The Morgan fingerprint density at radius 1 is 1.38 bits per heavy atom. The van der Waals surface area contributed by atoms with Gasteiger partial charge in [0.2, 0.25) is 0 Å². The second-order valence-corrected chi connectivity index (χ2v) is 4.29. The molecular formula is C10H15N3O2S. The first-order valence-corrected chi connectivity index (χ1v) is 5.73. The molecule has 0 radical (unpaired) electrons. The average molecular weight is 241 g/mol. The molecule has 5 nitrogen and oxygen atoms in total. The van der Waals surface area contributed by atoms with Crippen LogP contribution in [0.3, 0.4) is 0 Å². The molecule has 1 rings (SSSR count). The highest BCUT2D eigenvalue weighted by atomic mass is 32.1. The third-order valence-corrected chi connectivity index (χ3v) is 3.29. The van der Waals surface area contributed by atoms with Gasteiger partial charge >= 0.3 is 0 Å². The van der Waals surface area contributed by atoms with Crippen molar-refractivity contribution in [1.82, 2.24) is 10.6 Å². The Hall–Kier alpha value is -1.56. The van der Waals surface area contributed by atoms with E-state index in [2.05, 4.69) is 10.6 Å². The normalized spacial score (nSPS) is 9.94. The molecular weight excluding hydrogens is 226 g/mol. The maximum Gasteiger partial charge on any atom is 0.261 e. The second-order valence-electron chi connectivity index (χ2n) is 3.23. The summed E-state index contributed by atoms with van der Waals surface area (Å²) in [7, 11) is 1.55. The number of hydrogen-bond donors (Lipinski definition) is 3. The van der Waals surface area contributed by atoms with E-state index in [1.165, 1.54) is 0 Å². The molecule has 2 amide bonds. The number of nitrogens with one attached hydrogen (secondary N) is 2. The highest BCUT2D eigenvalue weighted by Gasteiger charge is 2.21. The monoisotopic (exact) mass is 241 g/mol. The molecule has 88 valence electrons. The largest absolute Gasteiger partial charge is 0.390 e. The molecule has 1 aromatic heterocycles. The van der Waals surface area contributed by atoms with Crippen LogP contribution in [-0.2, 0) is 0 Å². The van der Waals surface area contributed by atoms with Crippen LogP contribution in [-0.4, -0.2) is 25.4 Å². The van der Waals surface area contributed by atoms with Gasteiger partial charge in [0, 0.05) is 13.6 Å². The van der Waals surface area contributed by atoms with Crippen molar-refractivity contribution >= 4 is 28.2 Å². The Morgan fingerprint density at radius 2 is 2.00 bits per heavy atom. The summed E-state index contributed by atoms with van der Waals surface area (Å²) >= 11 is 1.13. The predicted octanol–water partition coefficient (Wildman–Crippen LogP) is 0.748. The molecule has 0 unspecified atom stereocenters. The zero-order valence-electron chi connectivity index (χ0n) is 9.51. The van der Waals surface area contributed by atoms with Gasteiger partial charge in [0.1, 0.15) is 0 Å². The van der Waals surface area contributed by atoms with Gasteiger partial charge in [-0.1, -0.05) is 0 Å². The molecule has 0 aliphatic rings. The molecule has 0 spiro atoms. The molecule has 0 aromatic carbocycles. The lowest BCUT2D eigenvalue weighted by Gasteiger charge is -2.02. The third kappa shape index (κ3) is 2.16. The fraction of sp³-hybridized carbons (Fsp3) is 0.400. The van der Waals surface area contributed by atoms with Crippen molar-refractivity contribution in [2.24, 2.45) is 0 Å². The molecule has 0 aliphatic carbocycles. The van der Waals surface area contributed by atoms with E-state index in [1.807, 2.05) is 6.92 Å². The van der Waals surface area contributed by atoms with Gasteiger partial charge in [-0.3, -0.25) is 9.59 Å². The summed E-state index contributed by atoms with van der Waals surface area (Å²) in [6.45, 7) is 4.08. The molecule has 0 aliphatic heterocycles. The lowest BCUT2D eigenvalue weighted by molar-refractivity contribution is 0.0956. The predicted molar refractivity (Wildman–Crippen MR) is 64.9 cm³/mol. The number of carbonyl (C=O) groups excluding carboxylic acids is 2. The van der Waals surface area contributed by atoms with Gasteiger partial charge in [0.25, 0.3) is 11.8 Å². The van der Waals surface area contributed by atoms with Gasteiger partial charge in [-0.15, -0.1) is 11.3 Å². The van der Waals surface area contributed by atoms with Crippen molar-refractivity contribution in [1.29, 1.82) is 0 Å². The highest BCUT2D eigenvalue weighted by molar-refractivity contribution is 7.18. The standard InChI is InChI=1S/C10H15N3O2S/c1-4-13-9(14)6-5(2)7(10(15)12-3)16-8(6)11/h4,11H2,1-3H3,(H,12,15)(H,13,14). The number of thiophene rings is 1. The summed E-state index contributed by atoms with van der Waals surface area (Å²) < 4.78 is 0. The summed E-state index contributed by atoms with van der Waals surface area (Å²) in [4.78, 5) is 23.7. The van der Waals surface area contributed by atoms with Crippen LogP contribution >= 0.6 is 11.3 Å². The summed E-state index contributed by atoms with van der Waals surface area (Å²) in [6.07, 6.45) is 0. The minimum absolute atomic E-state index is 0.218. The Kier molecular flexibility index (Phi) is 3.89. The van der Waals surface area contributed by atoms with Crippen LogP contribution in [0, 0.1) is 6.92 Å². The van der Waals surface area contributed by atoms with Crippen molar-refractivity contribution in [3.8, 4) is 0 Å². The van der Waals surface area contributed by atoms with Gasteiger partial charge in [-0.2, -0.15) is 0 Å². The fourth-order valence-electron chi connectivity index (χ4n) is 1.40. The summed E-state index contributed by atoms with van der Waals surface area (Å²) in [5.41, 5.74) is 6.78. The zero-order valence-corrected chi connectivity index (χ0v) is 10.3. The number of hydrogen-bond acceptors (Lipinski definition) is 4. The topological polar surface area (TPSA) is 84.2 Å². The maximum absolute atomic E-state index is 11.7. The maximum atomic E-state index is 11.7. The molecule has 6 heteroatoms. The van der Waals surface area contributed by atoms with Crippen LogP contribution < -0.4 is 16.4 Å². The molecule has 1 heterocycles. The minimum Gasteiger partial charge on any atom is -0.390 e. The van der Waals surface area contributed by atoms with Crippen LogP contribution in [0.2, 0.25) is 0 Å². The summed E-state index contributed by atoms with van der Waals surface area (Å²) in [6, 6.07) is 0. The van der Waals surface area contributed by atoms with Crippen LogP contribution in [0.1, 0.15) is 32.5 Å². The lowest BCUT2D eigenvalue weighted by atomic mass is 10.1. The van der Waals surface area contributed by atoms with Crippen molar-refractivity contribution in [3.63, 3.8) is 0 Å². The lowest BCUT2D eigenvalue weighted by Crippen LogP contribution is -2.24. The smallest absolute Gasteiger partial charge is 0.261 e. The number of amides is 2. The highest BCUT2D eigenvalue weighted by Crippen LogP contribution is 2.30. The Labute approximate surface area is 98.0 Å². The summed E-state index contributed by atoms with van der Waals surface area (Å²) in [5, 5.41) is 5.56. The third-order valence-electron chi connectivity index (χ3n) is 2.17. The van der Waals surface area contributed by atoms with Gasteiger partial charge in [0.05, 0.1) is 15.4 Å². The number of nitrogens with two attached hydrogens (primary N) is 1. The number of rotatable bonds is 3. The van der Waals surface area contributed by atoms with Crippen LogP contribution in [0.25, 0.3) is 0 Å². The first-order valence-electron chi connectivity index (χ1n) is 4.92. The van der Waals surface area contributed by atoms with Crippen molar-refractivity contribution < 1.29 is 9.59 Å². The average Bonchev–Trinajstić information content (AvgIpc) is 2.53. The molecule has 0 fully saturated rings. The van der Waals surface area contributed by atoms with E-state index in [-0.39, 0.29) is 11.8 Å². The van der Waals surface area contributed by atoms with E-state index in [0.717, 1.165) is 11.3 Å². The minimum atomic E-state index is -0.232. The van der Waals surface area contributed by atoms with Gasteiger partial charge in [-0.25, -0.2) is 0 Å². The SMILES string of the molecule is CCNC(=O)c1c(N)sc(C(=O)NC)c1C. The molecule has 0 saturated heterocycles. The molecule has 4 N–H and O–H groups in total. The fourth-order valence-corrected chi connectivity index (χ4v) is 2.41. The second kappa shape index (κ2) is 4.98. The van der Waals surface area contributed by atoms with Gasteiger partial charge in [0.15, 0.2) is 0 Å². The Balaban J connectivity index is 3.17. The van der Waals surface area contributed by atoms with Crippen LogP contribution in [0.5, 0.6) is 0 Å². The number of anilines is 1. The zero-order chi connectivity index (χ0) is 12.3. The van der Waals surface area contributed by atoms with E-state index in [1.54, 1.807) is 14.0 Å². The van der Waals surface area contributed by atoms with Crippen molar-refractivity contribution in [2.75, 3.05) is 19.3 Å². The van der Waals surface area contributed by atoms with E-state index in [0.29, 0.717) is 27.5 Å². The molecule has 1 aromatic rings. The van der Waals surface area contributed by atoms with E-state index in [4.69, 9.17) is 5.73 Å². The van der Waals surface area contributed by atoms with Crippen LogP contribution in [0.15, 0.2) is 0 Å². The number of nitrogen functional groups attached to an aromatic ring is 1. The molecule has 16 heavy (non-hydrogen) atoms. The van der Waals surface area contributed by atoms with E-state index >= 15 is 0 Å².